The van der Waals surface area contributed by atoms with Crippen molar-refractivity contribution in [3.63, 3.8) is 0 Å². The molecule has 1 heterocycles. The highest BCUT2D eigenvalue weighted by molar-refractivity contribution is 7.89. The normalized spacial score (nSPS) is 15.5. The van der Waals surface area contributed by atoms with Crippen molar-refractivity contribution >= 4 is 10.0 Å². The number of sulfonamides is 1. The average molecular weight is 315 g/mol. The van der Waals surface area contributed by atoms with Crippen molar-refractivity contribution in [2.45, 2.75) is 43.7 Å². The Balaban J connectivity index is 2.00. The second kappa shape index (κ2) is 7.40. The summed E-state index contributed by atoms with van der Waals surface area (Å²) in [5, 5.41) is 3.09. The molecule has 7 heteroatoms. The van der Waals surface area contributed by atoms with Gasteiger partial charge in [0.2, 0.25) is 10.0 Å². The van der Waals surface area contributed by atoms with E-state index in [2.05, 4.69) is 14.6 Å². The van der Waals surface area contributed by atoms with Gasteiger partial charge >= 0.3 is 0 Å². The Morgan fingerprint density at radius 2 is 2.19 bits per heavy atom. The third kappa shape index (κ3) is 4.54. The van der Waals surface area contributed by atoms with Crippen LogP contribution < -0.4 is 10.0 Å². The highest BCUT2D eigenvalue weighted by atomic mass is 32.2. The molecule has 0 saturated heterocycles. The third-order valence-electron chi connectivity index (χ3n) is 3.48. The second-order valence-corrected chi connectivity index (χ2v) is 7.05. The lowest BCUT2D eigenvalue weighted by atomic mass is 10.4. The van der Waals surface area contributed by atoms with Gasteiger partial charge in [0, 0.05) is 44.2 Å². The first-order valence-electron chi connectivity index (χ1n) is 7.51. The van der Waals surface area contributed by atoms with Gasteiger partial charge in [-0.2, -0.15) is 0 Å². The maximum Gasteiger partial charge on any atom is 0.242 e. The van der Waals surface area contributed by atoms with Crippen molar-refractivity contribution in [3.8, 4) is 0 Å². The maximum atomic E-state index is 12.3. The Morgan fingerprint density at radius 1 is 1.43 bits per heavy atom. The molecule has 2 rings (SSSR count). The standard InChI is InChI=1S/C14H25N3O3S/c1-3-20-8-4-7-16-21(18,19)14-9-13(10-15-2)17(11-14)12-5-6-12/h9,11-12,15-16H,3-8,10H2,1-2H3. The predicted octanol–water partition coefficient (Wildman–Crippen LogP) is 1.25. The Kier molecular flexibility index (Phi) is 5.80. The molecule has 1 aromatic heterocycles. The first-order valence-corrected chi connectivity index (χ1v) is 8.99. The van der Waals surface area contributed by atoms with Crippen LogP contribution in [0.1, 0.15) is 37.9 Å². The van der Waals surface area contributed by atoms with Crippen molar-refractivity contribution in [2.24, 2.45) is 0 Å². The van der Waals surface area contributed by atoms with E-state index in [4.69, 9.17) is 4.74 Å². The molecule has 6 nitrogen and oxygen atoms in total. The molecule has 21 heavy (non-hydrogen) atoms. The van der Waals surface area contributed by atoms with E-state index in [9.17, 15) is 8.42 Å². The van der Waals surface area contributed by atoms with Crippen LogP contribution in [0.3, 0.4) is 0 Å². The van der Waals surface area contributed by atoms with E-state index in [1.807, 2.05) is 14.0 Å². The zero-order valence-electron chi connectivity index (χ0n) is 12.8. The van der Waals surface area contributed by atoms with Crippen molar-refractivity contribution in [1.29, 1.82) is 0 Å². The summed E-state index contributed by atoms with van der Waals surface area (Å²) >= 11 is 0. The van der Waals surface area contributed by atoms with E-state index in [1.54, 1.807) is 12.3 Å². The number of nitrogens with zero attached hydrogens (tertiary/aromatic N) is 1. The van der Waals surface area contributed by atoms with Crippen molar-refractivity contribution in [1.82, 2.24) is 14.6 Å². The first-order chi connectivity index (χ1) is 10.1. The van der Waals surface area contributed by atoms with E-state index in [0.717, 1.165) is 18.5 Å². The number of aromatic nitrogens is 1. The van der Waals surface area contributed by atoms with Gasteiger partial charge in [-0.05, 0) is 39.3 Å². The van der Waals surface area contributed by atoms with Crippen LogP contribution in [0.2, 0.25) is 0 Å². The number of nitrogens with one attached hydrogen (secondary N) is 2. The molecule has 0 aromatic carbocycles. The van der Waals surface area contributed by atoms with Gasteiger partial charge in [-0.15, -0.1) is 0 Å². The van der Waals surface area contributed by atoms with Gasteiger partial charge in [-0.3, -0.25) is 0 Å². The van der Waals surface area contributed by atoms with Gasteiger partial charge < -0.3 is 14.6 Å². The molecular weight excluding hydrogens is 290 g/mol. The largest absolute Gasteiger partial charge is 0.382 e. The molecule has 0 atom stereocenters. The fourth-order valence-corrected chi connectivity index (χ4v) is 3.39. The fraction of sp³-hybridized carbons (Fsp3) is 0.714. The lowest BCUT2D eigenvalue weighted by molar-refractivity contribution is 0.146. The summed E-state index contributed by atoms with van der Waals surface area (Å²) in [6.45, 7) is 4.24. The molecule has 0 bridgehead atoms. The molecule has 1 saturated carbocycles. The summed E-state index contributed by atoms with van der Waals surface area (Å²) in [6.07, 6.45) is 4.70. The molecule has 0 spiro atoms. The number of rotatable bonds is 10. The lowest BCUT2D eigenvalue weighted by Crippen LogP contribution is -2.25. The highest BCUT2D eigenvalue weighted by Gasteiger charge is 2.27. The van der Waals surface area contributed by atoms with E-state index in [0.29, 0.717) is 43.7 Å². The Hall–Kier alpha value is -0.890. The zero-order valence-corrected chi connectivity index (χ0v) is 13.6. The number of hydrogen-bond acceptors (Lipinski definition) is 4. The van der Waals surface area contributed by atoms with E-state index in [-0.39, 0.29) is 0 Å². The molecular formula is C14H25N3O3S. The molecule has 0 amide bonds. The smallest absolute Gasteiger partial charge is 0.242 e. The molecule has 0 unspecified atom stereocenters. The van der Waals surface area contributed by atoms with Gasteiger partial charge in [0.1, 0.15) is 0 Å². The van der Waals surface area contributed by atoms with Crippen LogP contribution >= 0.6 is 0 Å². The van der Waals surface area contributed by atoms with Gasteiger partial charge in [-0.1, -0.05) is 0 Å². The van der Waals surface area contributed by atoms with Gasteiger partial charge in [0.05, 0.1) is 4.90 Å². The third-order valence-corrected chi connectivity index (χ3v) is 4.90. The quantitative estimate of drug-likeness (QED) is 0.637. The zero-order chi connectivity index (χ0) is 15.3. The lowest BCUT2D eigenvalue weighted by Gasteiger charge is -2.06. The van der Waals surface area contributed by atoms with Crippen LogP contribution in [0.5, 0.6) is 0 Å². The van der Waals surface area contributed by atoms with Gasteiger partial charge in [0.15, 0.2) is 0 Å². The van der Waals surface area contributed by atoms with Crippen LogP contribution in [0, 0.1) is 0 Å². The van der Waals surface area contributed by atoms with E-state index in [1.165, 1.54) is 0 Å². The Labute approximate surface area is 126 Å². The van der Waals surface area contributed by atoms with Crippen molar-refractivity contribution in [2.75, 3.05) is 26.8 Å². The summed E-state index contributed by atoms with van der Waals surface area (Å²) in [4.78, 5) is 0.357. The Bertz CT molecular complexity index is 550. The minimum atomic E-state index is -3.43. The predicted molar refractivity (Wildman–Crippen MR) is 81.8 cm³/mol. The molecule has 0 radical (unpaired) electrons. The average Bonchev–Trinajstić information content (AvgIpc) is 3.20. The molecule has 120 valence electrons. The van der Waals surface area contributed by atoms with E-state index >= 15 is 0 Å². The van der Waals surface area contributed by atoms with Crippen LogP contribution in [-0.2, 0) is 21.3 Å². The summed E-state index contributed by atoms with van der Waals surface area (Å²) in [5.74, 6) is 0. The van der Waals surface area contributed by atoms with Crippen LogP contribution in [0.4, 0.5) is 0 Å². The summed E-state index contributed by atoms with van der Waals surface area (Å²) < 4.78 is 34.5. The minimum absolute atomic E-state index is 0.357. The van der Waals surface area contributed by atoms with E-state index < -0.39 is 10.0 Å². The van der Waals surface area contributed by atoms with Crippen molar-refractivity contribution < 1.29 is 13.2 Å². The molecule has 1 aliphatic carbocycles. The summed E-state index contributed by atoms with van der Waals surface area (Å²) in [5.41, 5.74) is 1.02. The van der Waals surface area contributed by atoms with Crippen LogP contribution in [-0.4, -0.2) is 39.8 Å². The number of hydrogen-bond donors (Lipinski definition) is 2. The Morgan fingerprint density at radius 3 is 2.81 bits per heavy atom. The van der Waals surface area contributed by atoms with Crippen LogP contribution in [0.25, 0.3) is 0 Å². The monoisotopic (exact) mass is 315 g/mol. The second-order valence-electron chi connectivity index (χ2n) is 5.28. The first kappa shape index (κ1) is 16.5. The topological polar surface area (TPSA) is 72.4 Å². The van der Waals surface area contributed by atoms with Crippen LogP contribution in [0.15, 0.2) is 17.2 Å². The minimum Gasteiger partial charge on any atom is -0.382 e. The highest BCUT2D eigenvalue weighted by Crippen LogP contribution is 2.37. The summed E-state index contributed by atoms with van der Waals surface area (Å²) in [7, 11) is -1.56. The summed E-state index contributed by atoms with van der Waals surface area (Å²) in [6, 6.07) is 2.23. The molecule has 1 aliphatic rings. The SMILES string of the molecule is CCOCCCNS(=O)(=O)c1cc(CNC)n(C2CC2)c1. The molecule has 2 N–H and O–H groups in total. The fourth-order valence-electron chi connectivity index (χ4n) is 2.27. The maximum absolute atomic E-state index is 12.3. The van der Waals surface area contributed by atoms with Gasteiger partial charge in [-0.25, -0.2) is 13.1 Å². The van der Waals surface area contributed by atoms with Crippen molar-refractivity contribution in [3.05, 3.63) is 18.0 Å². The number of ether oxygens (including phenoxy) is 1. The molecule has 0 aliphatic heterocycles. The van der Waals surface area contributed by atoms with Gasteiger partial charge in [0.25, 0.3) is 0 Å². The molecule has 1 fully saturated rings. The molecule has 1 aromatic rings.